The third-order valence-corrected chi connectivity index (χ3v) is 13.4. The zero-order chi connectivity index (χ0) is 31.7. The molecule has 0 unspecified atom stereocenters. The number of halogens is 10. The van der Waals surface area contributed by atoms with Gasteiger partial charge in [0.15, 0.2) is 5.60 Å². The Hall–Kier alpha value is 0.965. The standard InChI is InChI=1S/C18H17Cl3O2.C6H6Cl6.C6H5.ClH.Hg/c1-17(2,18(19,20)21)23-16(22)15-11-7-6-10-14(15)12-13-8-4-3-5-9-13;7-1-2(8)4(10)6(12)5(11)3(1)9;1-2-4-6-5-3-1;;/h3-11H,12H2,1-2H3;1-6H;1-5H;1H;/q;;;;+1/p-1. The summed E-state index contributed by atoms with van der Waals surface area (Å²) in [7, 11) is 0. The Bertz CT molecular complexity index is 1190. The van der Waals surface area contributed by atoms with Crippen molar-refractivity contribution in [2.75, 3.05) is 0 Å². The van der Waals surface area contributed by atoms with E-state index >= 15 is 0 Å². The fraction of sp³-hybridized carbons (Fsp3) is 0.367. The molecule has 0 amide bonds. The fourth-order valence-electron chi connectivity index (χ4n) is 3.57. The third kappa shape index (κ3) is 13.2. The Morgan fingerprint density at radius 2 is 1.05 bits per heavy atom. The van der Waals surface area contributed by atoms with Crippen LogP contribution in [0.4, 0.5) is 0 Å². The van der Waals surface area contributed by atoms with Crippen LogP contribution in [0, 0.1) is 0 Å². The van der Waals surface area contributed by atoms with Gasteiger partial charge in [0.2, 0.25) is 3.79 Å². The summed E-state index contributed by atoms with van der Waals surface area (Å²) < 4.78 is 5.24. The second kappa shape index (κ2) is 19.7. The molecule has 43 heavy (non-hydrogen) atoms. The summed E-state index contributed by atoms with van der Waals surface area (Å²) in [5.41, 5.74) is 1.20. The number of benzene rings is 3. The number of ether oxygens (including phenoxy) is 1. The van der Waals surface area contributed by atoms with Crippen LogP contribution in [-0.4, -0.2) is 47.6 Å². The molecule has 0 aromatic heterocycles. The monoisotopic (exact) mass is 972 g/mol. The topological polar surface area (TPSA) is 26.3 Å². The van der Waals surface area contributed by atoms with Gasteiger partial charge in [-0.1, -0.05) is 83.3 Å². The first kappa shape index (κ1) is 42.0. The molecule has 1 saturated carbocycles. The van der Waals surface area contributed by atoms with E-state index in [0.29, 0.717) is 12.0 Å². The van der Waals surface area contributed by atoms with Crippen molar-refractivity contribution in [3.8, 4) is 0 Å². The molecule has 0 atom stereocenters. The van der Waals surface area contributed by atoms with Crippen LogP contribution in [0.25, 0.3) is 0 Å². The predicted molar refractivity (Wildman–Crippen MR) is 179 cm³/mol. The Morgan fingerprint density at radius 1 is 0.674 bits per heavy atom. The van der Waals surface area contributed by atoms with E-state index in [1.54, 1.807) is 26.0 Å². The van der Waals surface area contributed by atoms with Crippen molar-refractivity contribution in [1.29, 1.82) is 0 Å². The summed E-state index contributed by atoms with van der Waals surface area (Å²) in [5, 5.41) is -2.62. The van der Waals surface area contributed by atoms with Gasteiger partial charge in [-0.05, 0) is 37.5 Å². The van der Waals surface area contributed by atoms with Crippen LogP contribution >= 0.6 is 104 Å². The van der Waals surface area contributed by atoms with Crippen molar-refractivity contribution in [2.24, 2.45) is 0 Å². The SMILES string of the molecule is CC(C)(OC(=O)c1ccccc1Cc1ccccc1)C(Cl)(Cl)Cl.ClC1C(Cl)C(Cl)C(Cl)C(Cl)C1Cl.[Cl-].[Hg+][c]1ccccc1. The van der Waals surface area contributed by atoms with E-state index in [1.165, 1.54) is 3.07 Å². The van der Waals surface area contributed by atoms with E-state index in [9.17, 15) is 4.79 Å². The Kier molecular flexibility index (Phi) is 19.2. The van der Waals surface area contributed by atoms with Gasteiger partial charge in [-0.3, -0.25) is 0 Å². The molecule has 1 fully saturated rings. The predicted octanol–water partition coefficient (Wildman–Crippen LogP) is 7.09. The van der Waals surface area contributed by atoms with Gasteiger partial charge in [0, 0.05) is 0 Å². The van der Waals surface area contributed by atoms with Gasteiger partial charge in [0.1, 0.15) is 0 Å². The van der Waals surface area contributed by atoms with Crippen molar-refractivity contribution in [3.63, 3.8) is 0 Å². The van der Waals surface area contributed by atoms with E-state index in [2.05, 4.69) is 30.3 Å². The number of hydrogen-bond donors (Lipinski definition) is 0. The average molecular weight is 976 g/mol. The summed E-state index contributed by atoms with van der Waals surface area (Å²) in [6.45, 7) is 3.13. The van der Waals surface area contributed by atoms with Crippen molar-refractivity contribution >= 4 is 113 Å². The Balaban J connectivity index is 0.000000383. The molecule has 3 aromatic carbocycles. The summed E-state index contributed by atoms with van der Waals surface area (Å²) in [4.78, 5) is 12.5. The van der Waals surface area contributed by atoms with Gasteiger partial charge in [-0.25, -0.2) is 4.79 Å². The molecule has 3 aromatic rings. The molecule has 0 heterocycles. The Morgan fingerprint density at radius 3 is 1.42 bits per heavy atom. The molecule has 0 bridgehead atoms. The third-order valence-electron chi connectivity index (χ3n) is 6.17. The first-order valence-electron chi connectivity index (χ1n) is 12.7. The number of carbonyl (C=O) groups is 1. The first-order chi connectivity index (χ1) is 19.6. The van der Waals surface area contributed by atoms with Crippen molar-refractivity contribution in [2.45, 2.75) is 61.9 Å². The summed E-state index contributed by atoms with van der Waals surface area (Å²) >= 11 is 53.7. The molecule has 0 spiro atoms. The number of esters is 1. The molecule has 1 aliphatic carbocycles. The van der Waals surface area contributed by atoms with Gasteiger partial charge >= 0.3 is 65.5 Å². The molecular weight excluding hydrogens is 947 g/mol. The average Bonchev–Trinajstić information content (AvgIpc) is 2.95. The molecule has 0 radical (unpaired) electrons. The number of hydrogen-bond acceptors (Lipinski definition) is 2. The van der Waals surface area contributed by atoms with Crippen molar-refractivity contribution in [1.82, 2.24) is 0 Å². The number of alkyl halides is 9. The maximum atomic E-state index is 12.5. The molecule has 0 N–H and O–H groups in total. The summed E-state index contributed by atoms with van der Waals surface area (Å²) in [6.07, 6.45) is 0.625. The van der Waals surface area contributed by atoms with Crippen LogP contribution < -0.4 is 15.5 Å². The van der Waals surface area contributed by atoms with Crippen LogP contribution in [-0.2, 0) is 37.3 Å². The van der Waals surface area contributed by atoms with Gasteiger partial charge < -0.3 is 17.1 Å². The molecule has 0 aliphatic heterocycles. The van der Waals surface area contributed by atoms with Crippen LogP contribution in [0.2, 0.25) is 0 Å². The van der Waals surface area contributed by atoms with E-state index in [0.717, 1.165) is 37.2 Å². The van der Waals surface area contributed by atoms with E-state index in [1.807, 2.05) is 42.5 Å². The van der Waals surface area contributed by atoms with E-state index in [4.69, 9.17) is 109 Å². The summed E-state index contributed by atoms with van der Waals surface area (Å²) in [6, 6.07) is 27.7. The van der Waals surface area contributed by atoms with Crippen LogP contribution in [0.15, 0.2) is 84.9 Å². The molecule has 13 heteroatoms. The minimum atomic E-state index is -1.71. The zero-order valence-electron chi connectivity index (χ0n) is 23.1. The maximum absolute atomic E-state index is 12.5. The summed E-state index contributed by atoms with van der Waals surface area (Å²) in [5.74, 6) is -0.507. The second-order valence-corrected chi connectivity index (χ2v) is 18.3. The van der Waals surface area contributed by atoms with Crippen molar-refractivity contribution < 1.29 is 48.1 Å². The van der Waals surface area contributed by atoms with Gasteiger partial charge in [-0.2, -0.15) is 0 Å². The van der Waals surface area contributed by atoms with Crippen LogP contribution in [0.3, 0.4) is 0 Å². The Labute approximate surface area is 321 Å². The fourth-order valence-corrected chi connectivity index (χ4v) is 7.07. The van der Waals surface area contributed by atoms with Crippen LogP contribution in [0.5, 0.6) is 0 Å². The molecular formula is C30H28Cl10HgO2. The van der Waals surface area contributed by atoms with Crippen LogP contribution in [0.1, 0.15) is 35.3 Å². The molecule has 232 valence electrons. The molecule has 2 nitrogen and oxygen atoms in total. The minimum absolute atomic E-state index is 0. The van der Waals surface area contributed by atoms with Crippen molar-refractivity contribution in [3.05, 3.63) is 102 Å². The molecule has 4 rings (SSSR count). The van der Waals surface area contributed by atoms with Gasteiger partial charge in [-0.15, -0.1) is 69.6 Å². The van der Waals surface area contributed by atoms with Gasteiger partial charge in [0.05, 0.1) is 37.8 Å². The number of rotatable bonds is 4. The van der Waals surface area contributed by atoms with Gasteiger partial charge in [0.25, 0.3) is 0 Å². The second-order valence-electron chi connectivity index (χ2n) is 9.87. The van der Waals surface area contributed by atoms with E-state index < -0.39 is 47.6 Å². The normalized spacial score (nSPS) is 23.4. The number of carbonyl (C=O) groups excluding carboxylic acids is 1. The molecule has 1 aliphatic rings. The zero-order valence-corrected chi connectivity index (χ0v) is 36.1. The first-order valence-corrected chi connectivity index (χ1v) is 19.2. The van der Waals surface area contributed by atoms with E-state index in [-0.39, 0.29) is 12.4 Å². The molecule has 0 saturated heterocycles. The quantitative estimate of drug-likeness (QED) is 0.159.